The Hall–Kier alpha value is 0.230. The van der Waals surface area contributed by atoms with Crippen molar-refractivity contribution in [1.29, 1.82) is 0 Å². The van der Waals surface area contributed by atoms with Crippen LogP contribution in [-0.4, -0.2) is 8.42 Å². The quantitative estimate of drug-likeness (QED) is 0.751. The summed E-state index contributed by atoms with van der Waals surface area (Å²) in [4.78, 5) is 1.58. The molecule has 0 aliphatic carbocycles. The maximum absolute atomic E-state index is 10.7. The van der Waals surface area contributed by atoms with Crippen molar-refractivity contribution in [2.24, 2.45) is 0 Å². The molecule has 2 nitrogen and oxygen atoms in total. The molecule has 12 heavy (non-hydrogen) atoms. The van der Waals surface area contributed by atoms with E-state index < -0.39 is 9.05 Å². The zero-order chi connectivity index (χ0) is 9.35. The highest BCUT2D eigenvalue weighted by Crippen LogP contribution is 2.28. The molecule has 0 aliphatic heterocycles. The van der Waals surface area contributed by atoms with Crippen molar-refractivity contribution in [2.75, 3.05) is 0 Å². The van der Waals surface area contributed by atoms with E-state index in [-0.39, 0.29) is 5.75 Å². The van der Waals surface area contributed by atoms with E-state index in [1.807, 2.05) is 6.92 Å². The van der Waals surface area contributed by atoms with Gasteiger partial charge < -0.3 is 0 Å². The largest absolute Gasteiger partial charge is 0.237 e. The first kappa shape index (κ1) is 10.3. The van der Waals surface area contributed by atoms with E-state index in [4.69, 9.17) is 22.3 Å². The summed E-state index contributed by atoms with van der Waals surface area (Å²) < 4.78 is 21.4. The Morgan fingerprint density at radius 3 is 2.50 bits per heavy atom. The molecule has 0 spiro atoms. The molecule has 1 aromatic heterocycles. The van der Waals surface area contributed by atoms with Gasteiger partial charge in [-0.3, -0.25) is 0 Å². The average Bonchev–Trinajstić information content (AvgIpc) is 2.06. The van der Waals surface area contributed by atoms with Crippen LogP contribution in [0.2, 0.25) is 5.02 Å². The second-order valence-corrected chi connectivity index (χ2v) is 6.84. The standard InChI is InChI=1S/C6H6Cl2O2S2/c1-4-2-5(7)6(11-4)3-12(8,9)10/h2H,3H2,1H3. The number of aryl methyl sites for hydroxylation is 1. The molecule has 0 N–H and O–H groups in total. The smallest absolute Gasteiger partial charge is 0.212 e. The third-order valence-corrected chi connectivity index (χ3v) is 3.83. The van der Waals surface area contributed by atoms with E-state index in [1.165, 1.54) is 11.3 Å². The topological polar surface area (TPSA) is 34.1 Å². The molecule has 1 heterocycles. The van der Waals surface area contributed by atoms with E-state index in [0.29, 0.717) is 9.90 Å². The van der Waals surface area contributed by atoms with Crippen molar-refractivity contribution < 1.29 is 8.42 Å². The van der Waals surface area contributed by atoms with Crippen molar-refractivity contribution in [3.05, 3.63) is 20.8 Å². The van der Waals surface area contributed by atoms with Crippen molar-refractivity contribution in [3.63, 3.8) is 0 Å². The first-order valence-corrected chi connectivity index (χ1v) is 6.73. The fourth-order valence-corrected chi connectivity index (χ4v) is 3.69. The molecule has 68 valence electrons. The Bertz CT molecular complexity index is 380. The van der Waals surface area contributed by atoms with Gasteiger partial charge in [-0.05, 0) is 13.0 Å². The minimum atomic E-state index is -3.49. The van der Waals surface area contributed by atoms with Crippen LogP contribution in [0.3, 0.4) is 0 Å². The van der Waals surface area contributed by atoms with Gasteiger partial charge in [0.25, 0.3) is 0 Å². The Morgan fingerprint density at radius 1 is 1.58 bits per heavy atom. The molecule has 0 aromatic carbocycles. The fraction of sp³-hybridized carbons (Fsp3) is 0.333. The number of halogens is 2. The normalized spacial score (nSPS) is 11.9. The van der Waals surface area contributed by atoms with Gasteiger partial charge in [-0.1, -0.05) is 11.6 Å². The summed E-state index contributed by atoms with van der Waals surface area (Å²) in [5.41, 5.74) is 0. The van der Waals surface area contributed by atoms with Gasteiger partial charge in [0.05, 0.1) is 5.02 Å². The Morgan fingerprint density at radius 2 is 2.17 bits per heavy atom. The predicted molar refractivity (Wildman–Crippen MR) is 52.5 cm³/mol. The summed E-state index contributed by atoms with van der Waals surface area (Å²) in [5, 5.41) is 0.474. The van der Waals surface area contributed by atoms with Gasteiger partial charge in [0, 0.05) is 20.4 Å². The molecule has 1 rings (SSSR count). The molecule has 0 fully saturated rings. The van der Waals surface area contributed by atoms with E-state index in [2.05, 4.69) is 0 Å². The summed E-state index contributed by atoms with van der Waals surface area (Å²) in [5.74, 6) is -0.189. The molecule has 0 saturated carbocycles. The van der Waals surface area contributed by atoms with Crippen LogP contribution < -0.4 is 0 Å². The second-order valence-electron chi connectivity index (χ2n) is 2.31. The maximum atomic E-state index is 10.7. The van der Waals surface area contributed by atoms with E-state index >= 15 is 0 Å². The van der Waals surface area contributed by atoms with Crippen LogP contribution in [0.15, 0.2) is 6.07 Å². The first-order valence-electron chi connectivity index (χ1n) is 3.05. The van der Waals surface area contributed by atoms with Crippen LogP contribution in [0.5, 0.6) is 0 Å². The third-order valence-electron chi connectivity index (χ3n) is 1.18. The van der Waals surface area contributed by atoms with Gasteiger partial charge in [-0.15, -0.1) is 11.3 Å². The SMILES string of the molecule is Cc1cc(Cl)c(CS(=O)(=O)Cl)s1. The van der Waals surface area contributed by atoms with Crippen molar-refractivity contribution in [1.82, 2.24) is 0 Å². The van der Waals surface area contributed by atoms with Crippen molar-refractivity contribution >= 4 is 42.7 Å². The number of rotatable bonds is 2. The summed E-state index contributed by atoms with van der Waals surface area (Å²) in [7, 11) is 1.58. The highest BCUT2D eigenvalue weighted by atomic mass is 35.7. The van der Waals surface area contributed by atoms with Crippen LogP contribution in [0.1, 0.15) is 9.75 Å². The minimum absolute atomic E-state index is 0.189. The molecule has 6 heteroatoms. The zero-order valence-electron chi connectivity index (χ0n) is 6.17. The lowest BCUT2D eigenvalue weighted by molar-refractivity contribution is 0.609. The van der Waals surface area contributed by atoms with Crippen LogP contribution in [0.4, 0.5) is 0 Å². The van der Waals surface area contributed by atoms with Crippen LogP contribution in [-0.2, 0) is 14.8 Å². The number of thiophene rings is 1. The molecule has 0 bridgehead atoms. The molecule has 0 atom stereocenters. The maximum Gasteiger partial charge on any atom is 0.237 e. The molecule has 1 aromatic rings. The second kappa shape index (κ2) is 3.54. The zero-order valence-corrected chi connectivity index (χ0v) is 9.32. The van der Waals surface area contributed by atoms with E-state index in [0.717, 1.165) is 4.88 Å². The molecular weight excluding hydrogens is 239 g/mol. The van der Waals surface area contributed by atoms with Crippen molar-refractivity contribution in [2.45, 2.75) is 12.7 Å². The highest BCUT2D eigenvalue weighted by molar-refractivity contribution is 8.13. The van der Waals surface area contributed by atoms with Gasteiger partial charge in [-0.25, -0.2) is 8.42 Å². The molecule has 0 unspecified atom stereocenters. The number of hydrogen-bond acceptors (Lipinski definition) is 3. The first-order chi connectivity index (χ1) is 5.38. The van der Waals surface area contributed by atoms with Crippen molar-refractivity contribution in [3.8, 4) is 0 Å². The van der Waals surface area contributed by atoms with Crippen LogP contribution in [0.25, 0.3) is 0 Å². The average molecular weight is 245 g/mol. The predicted octanol–water partition coefficient (Wildman–Crippen LogP) is 2.78. The van der Waals surface area contributed by atoms with Crippen LogP contribution >= 0.6 is 33.6 Å². The highest BCUT2D eigenvalue weighted by Gasteiger charge is 2.12. The lowest BCUT2D eigenvalue weighted by Crippen LogP contribution is -1.92. The lowest BCUT2D eigenvalue weighted by atomic mass is 10.4. The minimum Gasteiger partial charge on any atom is -0.212 e. The molecular formula is C6H6Cl2O2S2. The van der Waals surface area contributed by atoms with Gasteiger partial charge in [-0.2, -0.15) is 0 Å². The summed E-state index contributed by atoms with van der Waals surface area (Å²) in [6, 6.07) is 1.73. The molecule has 0 radical (unpaired) electrons. The lowest BCUT2D eigenvalue weighted by Gasteiger charge is -1.92. The Balaban J connectivity index is 2.97. The molecule has 0 saturated heterocycles. The summed E-state index contributed by atoms with van der Waals surface area (Å²) in [6.45, 7) is 1.86. The number of hydrogen-bond donors (Lipinski definition) is 0. The Labute approximate surface area is 84.5 Å². The van der Waals surface area contributed by atoms with E-state index in [1.54, 1.807) is 6.07 Å². The van der Waals surface area contributed by atoms with Gasteiger partial charge in [0.2, 0.25) is 9.05 Å². The van der Waals surface area contributed by atoms with Gasteiger partial charge in [0.1, 0.15) is 5.75 Å². The summed E-state index contributed by atoms with van der Waals surface area (Å²) >= 11 is 7.08. The fourth-order valence-electron chi connectivity index (χ4n) is 0.786. The Kier molecular flexibility index (Phi) is 3.04. The monoisotopic (exact) mass is 244 g/mol. The molecule has 0 amide bonds. The third kappa shape index (κ3) is 2.94. The van der Waals surface area contributed by atoms with E-state index in [9.17, 15) is 8.42 Å². The van der Waals surface area contributed by atoms with Gasteiger partial charge in [0.15, 0.2) is 0 Å². The molecule has 0 aliphatic rings. The van der Waals surface area contributed by atoms with Crippen LogP contribution in [0, 0.1) is 6.92 Å². The van der Waals surface area contributed by atoms with Gasteiger partial charge >= 0.3 is 0 Å². The summed E-state index contributed by atoms with van der Waals surface area (Å²) in [6.07, 6.45) is 0.